The molecule has 0 aliphatic heterocycles. The summed E-state index contributed by atoms with van der Waals surface area (Å²) in [7, 11) is 0. The number of halogens is 1. The Bertz CT molecular complexity index is 655. The summed E-state index contributed by atoms with van der Waals surface area (Å²) < 4.78 is 13.1. The van der Waals surface area contributed by atoms with E-state index in [2.05, 4.69) is 5.32 Å². The van der Waals surface area contributed by atoms with Gasteiger partial charge in [-0.1, -0.05) is 24.3 Å². The molecule has 20 heavy (non-hydrogen) atoms. The van der Waals surface area contributed by atoms with E-state index < -0.39 is 17.7 Å². The van der Waals surface area contributed by atoms with Gasteiger partial charge in [0.15, 0.2) is 0 Å². The van der Waals surface area contributed by atoms with Crippen LogP contribution in [0.5, 0.6) is 0 Å². The first kappa shape index (κ1) is 13.7. The van der Waals surface area contributed by atoms with E-state index in [-0.39, 0.29) is 12.0 Å². The average Bonchev–Trinajstić information content (AvgIpc) is 2.40. The SMILES string of the molecule is O=C(O)Cc1ccccc1NC(=O)c1cccc(F)c1. The summed E-state index contributed by atoms with van der Waals surface area (Å²) in [6.45, 7) is 0. The van der Waals surface area contributed by atoms with Crippen LogP contribution < -0.4 is 5.32 Å². The van der Waals surface area contributed by atoms with Gasteiger partial charge in [0.1, 0.15) is 5.82 Å². The van der Waals surface area contributed by atoms with Crippen LogP contribution in [-0.4, -0.2) is 17.0 Å². The number of carboxylic acid groups (broad SMARTS) is 1. The van der Waals surface area contributed by atoms with E-state index in [4.69, 9.17) is 5.11 Å². The Morgan fingerprint density at radius 3 is 2.55 bits per heavy atom. The van der Waals surface area contributed by atoms with Crippen molar-refractivity contribution >= 4 is 17.6 Å². The van der Waals surface area contributed by atoms with Crippen LogP contribution in [0.3, 0.4) is 0 Å². The summed E-state index contributed by atoms with van der Waals surface area (Å²) in [5, 5.41) is 11.4. The van der Waals surface area contributed by atoms with E-state index in [0.29, 0.717) is 11.3 Å². The Balaban J connectivity index is 2.21. The molecule has 0 aliphatic rings. The highest BCUT2D eigenvalue weighted by atomic mass is 19.1. The van der Waals surface area contributed by atoms with Gasteiger partial charge >= 0.3 is 5.97 Å². The lowest BCUT2D eigenvalue weighted by atomic mass is 10.1. The summed E-state index contributed by atoms with van der Waals surface area (Å²) in [6, 6.07) is 11.9. The number of aliphatic carboxylic acids is 1. The Morgan fingerprint density at radius 1 is 1.10 bits per heavy atom. The highest BCUT2D eigenvalue weighted by Gasteiger charge is 2.11. The standard InChI is InChI=1S/C15H12FNO3/c16-12-6-3-5-11(8-12)15(20)17-13-7-2-1-4-10(13)9-14(18)19/h1-8H,9H2,(H,17,20)(H,18,19). The van der Waals surface area contributed by atoms with Gasteiger partial charge in [-0.25, -0.2) is 4.39 Å². The molecule has 4 nitrogen and oxygen atoms in total. The van der Waals surface area contributed by atoms with Gasteiger partial charge in [0.05, 0.1) is 6.42 Å². The zero-order chi connectivity index (χ0) is 14.5. The van der Waals surface area contributed by atoms with Crippen LogP contribution in [0.25, 0.3) is 0 Å². The molecule has 2 aromatic rings. The maximum atomic E-state index is 13.1. The van der Waals surface area contributed by atoms with Crippen molar-refractivity contribution in [3.8, 4) is 0 Å². The number of para-hydroxylation sites is 1. The van der Waals surface area contributed by atoms with Gasteiger partial charge in [-0.3, -0.25) is 9.59 Å². The first-order valence-electron chi connectivity index (χ1n) is 5.93. The lowest BCUT2D eigenvalue weighted by Gasteiger charge is -2.09. The minimum atomic E-state index is -0.988. The number of anilines is 1. The number of amides is 1. The number of carboxylic acids is 1. The van der Waals surface area contributed by atoms with E-state index in [1.165, 1.54) is 18.2 Å². The van der Waals surface area contributed by atoms with E-state index >= 15 is 0 Å². The van der Waals surface area contributed by atoms with E-state index in [1.807, 2.05) is 0 Å². The Morgan fingerprint density at radius 2 is 1.85 bits per heavy atom. The quantitative estimate of drug-likeness (QED) is 0.900. The van der Waals surface area contributed by atoms with Crippen LogP contribution in [-0.2, 0) is 11.2 Å². The molecule has 0 fully saturated rings. The van der Waals surface area contributed by atoms with Crippen LogP contribution in [0.1, 0.15) is 15.9 Å². The number of rotatable bonds is 4. The molecule has 0 saturated heterocycles. The summed E-state index contributed by atoms with van der Waals surface area (Å²) in [4.78, 5) is 22.7. The number of hydrogen-bond donors (Lipinski definition) is 2. The highest BCUT2D eigenvalue weighted by molar-refractivity contribution is 6.04. The average molecular weight is 273 g/mol. The molecule has 5 heteroatoms. The monoisotopic (exact) mass is 273 g/mol. The second-order valence-electron chi connectivity index (χ2n) is 4.19. The predicted molar refractivity (Wildman–Crippen MR) is 72.1 cm³/mol. The van der Waals surface area contributed by atoms with E-state index in [1.54, 1.807) is 24.3 Å². The van der Waals surface area contributed by atoms with Crippen molar-refractivity contribution in [2.45, 2.75) is 6.42 Å². The fraction of sp³-hybridized carbons (Fsp3) is 0.0667. The van der Waals surface area contributed by atoms with Crippen molar-refractivity contribution in [2.75, 3.05) is 5.32 Å². The maximum absolute atomic E-state index is 13.1. The molecule has 0 heterocycles. The highest BCUT2D eigenvalue weighted by Crippen LogP contribution is 2.17. The summed E-state index contributed by atoms with van der Waals surface area (Å²) in [5.74, 6) is -1.98. The van der Waals surface area contributed by atoms with Crippen LogP contribution in [0.4, 0.5) is 10.1 Å². The fourth-order valence-electron chi connectivity index (χ4n) is 1.78. The van der Waals surface area contributed by atoms with E-state index in [9.17, 15) is 14.0 Å². The summed E-state index contributed by atoms with van der Waals surface area (Å²) >= 11 is 0. The van der Waals surface area contributed by atoms with Crippen LogP contribution in [0.2, 0.25) is 0 Å². The number of hydrogen-bond acceptors (Lipinski definition) is 2. The van der Waals surface area contributed by atoms with Crippen molar-refractivity contribution in [3.05, 3.63) is 65.5 Å². The molecule has 1 amide bonds. The minimum Gasteiger partial charge on any atom is -0.481 e. The van der Waals surface area contributed by atoms with Crippen LogP contribution in [0, 0.1) is 5.82 Å². The summed E-state index contributed by atoms with van der Waals surface area (Å²) in [5.41, 5.74) is 1.07. The molecule has 0 bridgehead atoms. The molecule has 0 aromatic heterocycles. The molecule has 2 aromatic carbocycles. The van der Waals surface area contributed by atoms with Gasteiger partial charge in [-0.05, 0) is 29.8 Å². The molecular weight excluding hydrogens is 261 g/mol. The Kier molecular flexibility index (Phi) is 4.10. The topological polar surface area (TPSA) is 66.4 Å². The Labute approximate surface area is 114 Å². The Hall–Kier alpha value is -2.69. The second-order valence-corrected chi connectivity index (χ2v) is 4.19. The number of benzene rings is 2. The number of nitrogens with one attached hydrogen (secondary N) is 1. The lowest BCUT2D eigenvalue weighted by molar-refractivity contribution is -0.136. The zero-order valence-electron chi connectivity index (χ0n) is 10.5. The molecule has 0 radical (unpaired) electrons. The summed E-state index contributed by atoms with van der Waals surface area (Å²) in [6.07, 6.45) is -0.195. The third-order valence-corrected chi connectivity index (χ3v) is 2.69. The van der Waals surface area contributed by atoms with Crippen molar-refractivity contribution in [3.63, 3.8) is 0 Å². The van der Waals surface area contributed by atoms with Gasteiger partial charge in [0.25, 0.3) is 5.91 Å². The third kappa shape index (κ3) is 3.41. The van der Waals surface area contributed by atoms with Crippen LogP contribution >= 0.6 is 0 Å². The molecule has 0 saturated carbocycles. The maximum Gasteiger partial charge on any atom is 0.307 e. The first-order chi connectivity index (χ1) is 9.56. The molecule has 102 valence electrons. The normalized spacial score (nSPS) is 10.1. The number of carbonyl (C=O) groups is 2. The number of carbonyl (C=O) groups excluding carboxylic acids is 1. The van der Waals surface area contributed by atoms with Crippen molar-refractivity contribution < 1.29 is 19.1 Å². The van der Waals surface area contributed by atoms with E-state index in [0.717, 1.165) is 6.07 Å². The first-order valence-corrected chi connectivity index (χ1v) is 5.93. The van der Waals surface area contributed by atoms with Crippen molar-refractivity contribution in [1.29, 1.82) is 0 Å². The molecular formula is C15H12FNO3. The molecule has 0 spiro atoms. The van der Waals surface area contributed by atoms with Gasteiger partial charge < -0.3 is 10.4 Å². The van der Waals surface area contributed by atoms with Crippen molar-refractivity contribution in [1.82, 2.24) is 0 Å². The van der Waals surface area contributed by atoms with Gasteiger partial charge in [0, 0.05) is 11.3 Å². The second kappa shape index (κ2) is 5.97. The minimum absolute atomic E-state index is 0.176. The molecule has 0 unspecified atom stereocenters. The smallest absolute Gasteiger partial charge is 0.307 e. The van der Waals surface area contributed by atoms with Gasteiger partial charge in [-0.15, -0.1) is 0 Å². The lowest BCUT2D eigenvalue weighted by Crippen LogP contribution is -2.14. The molecule has 2 rings (SSSR count). The third-order valence-electron chi connectivity index (χ3n) is 2.69. The van der Waals surface area contributed by atoms with Gasteiger partial charge in [-0.2, -0.15) is 0 Å². The van der Waals surface area contributed by atoms with Crippen molar-refractivity contribution in [2.24, 2.45) is 0 Å². The zero-order valence-corrected chi connectivity index (χ0v) is 10.5. The largest absolute Gasteiger partial charge is 0.481 e. The molecule has 0 aliphatic carbocycles. The molecule has 0 atom stereocenters. The fourth-order valence-corrected chi connectivity index (χ4v) is 1.78. The van der Waals surface area contributed by atoms with Crippen LogP contribution in [0.15, 0.2) is 48.5 Å². The molecule has 2 N–H and O–H groups in total. The predicted octanol–water partition coefficient (Wildman–Crippen LogP) is 2.71. The van der Waals surface area contributed by atoms with Gasteiger partial charge in [0.2, 0.25) is 0 Å².